The first kappa shape index (κ1) is 10.1. The van der Waals surface area contributed by atoms with Crippen molar-refractivity contribution < 1.29 is 0 Å². The Hall–Kier alpha value is -1.00. The summed E-state index contributed by atoms with van der Waals surface area (Å²) in [6.45, 7) is 4.51. The number of benzene rings is 1. The fourth-order valence-electron chi connectivity index (χ4n) is 1.55. The number of hydrogen-bond donors (Lipinski definition) is 0. The molecule has 67 valence electrons. The van der Waals surface area contributed by atoms with E-state index in [4.69, 9.17) is 6.42 Å². The third-order valence-corrected chi connectivity index (χ3v) is 5.22. The maximum atomic E-state index is 5.46. The molecule has 0 aromatic heterocycles. The number of terminal acetylenes is 1. The Morgan fingerprint density at radius 2 is 1.85 bits per heavy atom. The minimum absolute atomic E-state index is 0.385. The van der Waals surface area contributed by atoms with Gasteiger partial charge in [-0.3, -0.25) is 0 Å². The lowest BCUT2D eigenvalue weighted by molar-refractivity contribution is 1.33. The van der Waals surface area contributed by atoms with Crippen LogP contribution in [-0.2, 0) is 0 Å². The van der Waals surface area contributed by atoms with Crippen LogP contribution in [0.25, 0.3) is 0 Å². The van der Waals surface area contributed by atoms with Gasteiger partial charge >= 0.3 is 0 Å². The molecule has 1 rings (SSSR count). The largest absolute Gasteiger partial charge is 0.115 e. The molecule has 1 aromatic rings. The van der Waals surface area contributed by atoms with Crippen LogP contribution in [0.3, 0.4) is 0 Å². The zero-order valence-corrected chi connectivity index (χ0v) is 9.30. The van der Waals surface area contributed by atoms with Crippen LogP contribution in [0.5, 0.6) is 0 Å². The smallest absolute Gasteiger partial charge is 0.0867 e. The normalized spacial score (nSPS) is 10.0. The second-order valence-corrected chi connectivity index (χ2v) is 6.16. The van der Waals surface area contributed by atoms with E-state index in [1.54, 1.807) is 0 Å². The van der Waals surface area contributed by atoms with Crippen molar-refractivity contribution >= 4 is 14.0 Å². The van der Waals surface area contributed by atoms with Gasteiger partial charge in [0.2, 0.25) is 0 Å². The van der Waals surface area contributed by atoms with Gasteiger partial charge in [-0.05, 0) is 11.3 Å². The molecule has 0 N–H and O–H groups in total. The Bertz CT molecular complexity index is 305. The molecule has 0 aliphatic carbocycles. The zero-order valence-electron chi connectivity index (χ0n) is 8.30. The lowest BCUT2D eigenvalue weighted by Crippen LogP contribution is -2.30. The van der Waals surface area contributed by atoms with Crippen LogP contribution < -0.4 is 5.19 Å². The van der Waals surface area contributed by atoms with Crippen molar-refractivity contribution in [3.63, 3.8) is 0 Å². The van der Waals surface area contributed by atoms with Crippen molar-refractivity contribution in [2.45, 2.75) is 25.9 Å². The molecule has 0 saturated heterocycles. The average Bonchev–Trinajstić information content (AvgIpc) is 2.20. The molecule has 0 aliphatic heterocycles. The first-order chi connectivity index (χ1) is 6.33. The Morgan fingerprint density at radius 1 is 1.23 bits per heavy atom. The second-order valence-electron chi connectivity index (χ2n) is 3.00. The summed E-state index contributed by atoms with van der Waals surface area (Å²) in [5.74, 6) is 2.77. The van der Waals surface area contributed by atoms with Crippen molar-refractivity contribution in [1.29, 1.82) is 0 Å². The van der Waals surface area contributed by atoms with Gasteiger partial charge in [0.15, 0.2) is 0 Å². The summed E-state index contributed by atoms with van der Waals surface area (Å²) in [6, 6.07) is 10.9. The first-order valence-electron chi connectivity index (χ1n) is 4.74. The monoisotopic (exact) mass is 187 g/mol. The van der Waals surface area contributed by atoms with E-state index in [2.05, 4.69) is 31.9 Å². The van der Waals surface area contributed by atoms with Crippen LogP contribution in [0.4, 0.5) is 0 Å². The Balaban J connectivity index is 3.05. The predicted octanol–water partition coefficient (Wildman–Crippen LogP) is 2.41. The van der Waals surface area contributed by atoms with Gasteiger partial charge in [-0.1, -0.05) is 50.1 Å². The van der Waals surface area contributed by atoms with E-state index in [0.29, 0.717) is 0 Å². The topological polar surface area (TPSA) is 0 Å². The molecule has 0 aliphatic rings. The molecule has 0 spiro atoms. The standard InChI is InChI=1S/C12H15Si/c1-4-11-9-7-8-10-12(11)13(5-2)6-3/h1,7-10H,5-6H2,2-3H3. The Morgan fingerprint density at radius 3 is 2.38 bits per heavy atom. The van der Waals surface area contributed by atoms with Gasteiger partial charge in [0, 0.05) is 5.56 Å². The number of rotatable bonds is 3. The molecule has 0 heterocycles. The first-order valence-corrected chi connectivity index (χ1v) is 6.65. The quantitative estimate of drug-likeness (QED) is 0.503. The summed E-state index contributed by atoms with van der Waals surface area (Å²) < 4.78 is 0. The predicted molar refractivity (Wildman–Crippen MR) is 60.7 cm³/mol. The third-order valence-electron chi connectivity index (χ3n) is 2.32. The summed E-state index contributed by atoms with van der Waals surface area (Å²) >= 11 is 0. The van der Waals surface area contributed by atoms with Gasteiger partial charge in [-0.2, -0.15) is 0 Å². The Kier molecular flexibility index (Phi) is 3.79. The molecule has 0 fully saturated rings. The molecule has 0 atom stereocenters. The third kappa shape index (κ3) is 2.23. The second kappa shape index (κ2) is 4.89. The van der Waals surface area contributed by atoms with E-state index in [1.165, 1.54) is 17.3 Å². The highest BCUT2D eigenvalue weighted by molar-refractivity contribution is 6.73. The van der Waals surface area contributed by atoms with Gasteiger partial charge in [0.25, 0.3) is 0 Å². The molecule has 1 aromatic carbocycles. The molecule has 0 nitrogen and oxygen atoms in total. The van der Waals surface area contributed by atoms with Gasteiger partial charge in [-0.25, -0.2) is 0 Å². The molecule has 0 unspecified atom stereocenters. The summed E-state index contributed by atoms with van der Waals surface area (Å²) in [7, 11) is -0.385. The van der Waals surface area contributed by atoms with E-state index >= 15 is 0 Å². The van der Waals surface area contributed by atoms with Crippen LogP contribution in [0, 0.1) is 12.3 Å². The molecular weight excluding hydrogens is 172 g/mol. The fourth-order valence-corrected chi connectivity index (χ4v) is 3.68. The van der Waals surface area contributed by atoms with Gasteiger partial charge < -0.3 is 0 Å². The molecule has 0 saturated carbocycles. The van der Waals surface area contributed by atoms with E-state index in [9.17, 15) is 0 Å². The molecular formula is C12H15Si. The highest BCUT2D eigenvalue weighted by atomic mass is 28.3. The van der Waals surface area contributed by atoms with E-state index in [-0.39, 0.29) is 8.80 Å². The molecule has 0 amide bonds. The minimum atomic E-state index is -0.385. The van der Waals surface area contributed by atoms with Crippen molar-refractivity contribution in [1.82, 2.24) is 0 Å². The SMILES string of the molecule is C#Cc1ccccc1[Si](CC)CC. The Labute approximate surface area is 82.6 Å². The zero-order chi connectivity index (χ0) is 9.68. The van der Waals surface area contributed by atoms with Crippen molar-refractivity contribution in [2.75, 3.05) is 0 Å². The minimum Gasteiger partial charge on any atom is -0.115 e. The summed E-state index contributed by atoms with van der Waals surface area (Å²) in [5.41, 5.74) is 1.10. The van der Waals surface area contributed by atoms with E-state index in [1.807, 2.05) is 12.1 Å². The van der Waals surface area contributed by atoms with Crippen molar-refractivity contribution in [2.24, 2.45) is 0 Å². The molecule has 1 radical (unpaired) electrons. The van der Waals surface area contributed by atoms with Crippen LogP contribution in [-0.4, -0.2) is 8.80 Å². The summed E-state index contributed by atoms with van der Waals surface area (Å²) in [6.07, 6.45) is 5.46. The molecule has 1 heteroatoms. The van der Waals surface area contributed by atoms with E-state index in [0.717, 1.165) is 5.56 Å². The van der Waals surface area contributed by atoms with E-state index < -0.39 is 0 Å². The lowest BCUT2D eigenvalue weighted by Gasteiger charge is -2.12. The fraction of sp³-hybridized carbons (Fsp3) is 0.333. The molecule has 13 heavy (non-hydrogen) atoms. The van der Waals surface area contributed by atoms with Gasteiger partial charge in [0.05, 0.1) is 8.80 Å². The van der Waals surface area contributed by atoms with Crippen molar-refractivity contribution in [3.8, 4) is 12.3 Å². The lowest BCUT2D eigenvalue weighted by atomic mass is 10.2. The van der Waals surface area contributed by atoms with Gasteiger partial charge in [0.1, 0.15) is 0 Å². The van der Waals surface area contributed by atoms with Crippen LogP contribution >= 0.6 is 0 Å². The molecule has 0 bridgehead atoms. The summed E-state index contributed by atoms with van der Waals surface area (Å²) in [5, 5.41) is 1.43. The highest BCUT2D eigenvalue weighted by Gasteiger charge is 2.11. The van der Waals surface area contributed by atoms with Crippen LogP contribution in [0.2, 0.25) is 12.1 Å². The average molecular weight is 187 g/mol. The number of hydrogen-bond acceptors (Lipinski definition) is 0. The van der Waals surface area contributed by atoms with Crippen LogP contribution in [0.15, 0.2) is 24.3 Å². The van der Waals surface area contributed by atoms with Crippen molar-refractivity contribution in [3.05, 3.63) is 29.8 Å². The highest BCUT2D eigenvalue weighted by Crippen LogP contribution is 2.03. The maximum absolute atomic E-state index is 5.46. The maximum Gasteiger partial charge on any atom is 0.0867 e. The van der Waals surface area contributed by atoms with Gasteiger partial charge in [-0.15, -0.1) is 6.42 Å². The summed E-state index contributed by atoms with van der Waals surface area (Å²) in [4.78, 5) is 0. The van der Waals surface area contributed by atoms with Crippen LogP contribution in [0.1, 0.15) is 19.4 Å².